The van der Waals surface area contributed by atoms with Gasteiger partial charge in [0, 0.05) is 35.7 Å². The van der Waals surface area contributed by atoms with Crippen LogP contribution in [0, 0.1) is 5.92 Å². The Bertz CT molecular complexity index is 980. The van der Waals surface area contributed by atoms with Crippen molar-refractivity contribution in [1.82, 2.24) is 10.2 Å². The summed E-state index contributed by atoms with van der Waals surface area (Å²) in [5.74, 6) is 1.68. The number of ether oxygens (including phenoxy) is 1. The average molecular weight is 388 g/mol. The molecule has 1 aliphatic heterocycles. The van der Waals surface area contributed by atoms with Crippen molar-refractivity contribution in [3.8, 4) is 16.9 Å². The smallest absolute Gasteiger partial charge is 0.249 e. The van der Waals surface area contributed by atoms with Crippen LogP contribution in [0.1, 0.15) is 19.3 Å². The van der Waals surface area contributed by atoms with Crippen molar-refractivity contribution < 1.29 is 9.53 Å². The van der Waals surface area contributed by atoms with Gasteiger partial charge in [0.05, 0.1) is 12.8 Å². The molecule has 2 heterocycles. The van der Waals surface area contributed by atoms with Gasteiger partial charge in [-0.05, 0) is 55.0 Å². The molecule has 1 saturated heterocycles. The van der Waals surface area contributed by atoms with Crippen LogP contribution in [0.2, 0.25) is 0 Å². The highest BCUT2D eigenvalue weighted by Crippen LogP contribution is 2.31. The van der Waals surface area contributed by atoms with Crippen LogP contribution in [-0.2, 0) is 4.79 Å². The first-order valence-corrected chi connectivity index (χ1v) is 10.2. The second kappa shape index (κ2) is 7.62. The van der Waals surface area contributed by atoms with E-state index in [-0.39, 0.29) is 11.9 Å². The van der Waals surface area contributed by atoms with Gasteiger partial charge < -0.3 is 15.0 Å². The number of rotatable bonds is 7. The summed E-state index contributed by atoms with van der Waals surface area (Å²) in [6, 6.07) is 15.7. The van der Waals surface area contributed by atoms with E-state index in [1.807, 2.05) is 59.6 Å². The van der Waals surface area contributed by atoms with Gasteiger partial charge in [0.1, 0.15) is 11.8 Å². The molecule has 3 aromatic rings. The Kier molecular flexibility index (Phi) is 4.68. The fraction of sp³-hybridized carbons (Fsp3) is 0.304. The summed E-state index contributed by atoms with van der Waals surface area (Å²) in [5.41, 5.74) is 3.96. The molecule has 1 atom stereocenters. The molecule has 1 aliphatic carbocycles. The number of nitrogens with zero attached hydrogens (tertiary/aromatic N) is 2. The van der Waals surface area contributed by atoms with Crippen molar-refractivity contribution in [2.75, 3.05) is 23.4 Å². The zero-order valence-electron chi connectivity index (χ0n) is 16.2. The lowest BCUT2D eigenvalue weighted by atomic mass is 10.1. The van der Waals surface area contributed by atoms with Crippen LogP contribution >= 0.6 is 0 Å². The predicted molar refractivity (Wildman–Crippen MR) is 113 cm³/mol. The number of aromatic nitrogens is 2. The molecule has 2 aliphatic rings. The van der Waals surface area contributed by atoms with E-state index in [2.05, 4.69) is 15.5 Å². The first kappa shape index (κ1) is 17.8. The molecule has 0 bridgehead atoms. The Balaban J connectivity index is 1.23. The molecule has 5 rings (SSSR count). The van der Waals surface area contributed by atoms with Crippen molar-refractivity contribution >= 4 is 17.3 Å². The van der Waals surface area contributed by atoms with E-state index >= 15 is 0 Å². The molecule has 6 heteroatoms. The van der Waals surface area contributed by atoms with Gasteiger partial charge in [-0.1, -0.05) is 18.2 Å². The van der Waals surface area contributed by atoms with Crippen LogP contribution in [0.5, 0.6) is 5.75 Å². The fourth-order valence-electron chi connectivity index (χ4n) is 3.69. The highest BCUT2D eigenvalue weighted by atomic mass is 16.5. The number of carbonyl (C=O) groups excluding carboxylic acids is 1. The van der Waals surface area contributed by atoms with E-state index < -0.39 is 0 Å². The van der Waals surface area contributed by atoms with Gasteiger partial charge in [-0.3, -0.25) is 9.89 Å². The van der Waals surface area contributed by atoms with E-state index in [0.717, 1.165) is 47.2 Å². The molecule has 2 fully saturated rings. The monoisotopic (exact) mass is 388 g/mol. The first-order valence-electron chi connectivity index (χ1n) is 10.2. The van der Waals surface area contributed by atoms with Crippen LogP contribution in [0.4, 0.5) is 11.4 Å². The minimum atomic E-state index is -0.220. The third-order valence-electron chi connectivity index (χ3n) is 5.57. The molecule has 148 valence electrons. The molecule has 6 nitrogen and oxygen atoms in total. The van der Waals surface area contributed by atoms with E-state index in [1.165, 1.54) is 12.8 Å². The predicted octanol–water partition coefficient (Wildman–Crippen LogP) is 4.08. The summed E-state index contributed by atoms with van der Waals surface area (Å²) in [5, 5.41) is 10.2. The third kappa shape index (κ3) is 3.97. The Labute approximate surface area is 169 Å². The van der Waals surface area contributed by atoms with Gasteiger partial charge in [0.2, 0.25) is 5.91 Å². The number of nitrogens with one attached hydrogen (secondary N) is 2. The van der Waals surface area contributed by atoms with Crippen LogP contribution in [0.25, 0.3) is 11.1 Å². The summed E-state index contributed by atoms with van der Waals surface area (Å²) in [7, 11) is 0. The molecule has 0 unspecified atom stereocenters. The lowest BCUT2D eigenvalue weighted by Gasteiger charge is -2.18. The van der Waals surface area contributed by atoms with Crippen LogP contribution in [0.3, 0.4) is 0 Å². The number of hydrogen-bond acceptors (Lipinski definition) is 4. The molecule has 2 N–H and O–H groups in total. The Morgan fingerprint density at radius 2 is 1.97 bits per heavy atom. The lowest BCUT2D eigenvalue weighted by molar-refractivity contribution is -0.117. The molecule has 1 aromatic heterocycles. The maximum atomic E-state index is 12.9. The molecular weight excluding hydrogens is 364 g/mol. The molecule has 1 saturated carbocycles. The Morgan fingerprint density at radius 1 is 1.10 bits per heavy atom. The summed E-state index contributed by atoms with van der Waals surface area (Å²) in [6.45, 7) is 1.49. The first-order chi connectivity index (χ1) is 14.3. The second-order valence-corrected chi connectivity index (χ2v) is 7.79. The van der Waals surface area contributed by atoms with E-state index in [9.17, 15) is 4.79 Å². The maximum absolute atomic E-state index is 12.9. The number of amides is 1. The van der Waals surface area contributed by atoms with Crippen LogP contribution in [0.15, 0.2) is 60.9 Å². The summed E-state index contributed by atoms with van der Waals surface area (Å²) in [6.07, 6.45) is 6.97. The maximum Gasteiger partial charge on any atom is 0.249 e. The third-order valence-corrected chi connectivity index (χ3v) is 5.57. The molecule has 0 spiro atoms. The van der Waals surface area contributed by atoms with Crippen molar-refractivity contribution in [1.29, 1.82) is 0 Å². The highest BCUT2D eigenvalue weighted by molar-refractivity contribution is 6.01. The molecule has 2 aromatic carbocycles. The van der Waals surface area contributed by atoms with Crippen molar-refractivity contribution in [2.45, 2.75) is 25.3 Å². The van der Waals surface area contributed by atoms with E-state index in [4.69, 9.17) is 4.74 Å². The molecular formula is C23H24N4O2. The lowest BCUT2D eigenvalue weighted by Crippen LogP contribution is -2.33. The number of anilines is 2. The minimum Gasteiger partial charge on any atom is -0.493 e. The average Bonchev–Trinajstić information content (AvgIpc) is 3.28. The molecule has 1 amide bonds. The number of carbonyl (C=O) groups is 1. The minimum absolute atomic E-state index is 0.102. The van der Waals surface area contributed by atoms with Gasteiger partial charge in [-0.2, -0.15) is 5.10 Å². The van der Waals surface area contributed by atoms with E-state index in [0.29, 0.717) is 6.54 Å². The zero-order valence-corrected chi connectivity index (χ0v) is 16.2. The Morgan fingerprint density at radius 3 is 2.72 bits per heavy atom. The number of benzene rings is 2. The largest absolute Gasteiger partial charge is 0.493 e. The van der Waals surface area contributed by atoms with Crippen molar-refractivity contribution in [2.24, 2.45) is 5.92 Å². The highest BCUT2D eigenvalue weighted by Gasteiger charge is 2.32. The standard InChI is InChI=1S/C23H24N4O2/c28-23-22(26-19-2-1-3-21(12-19)29-15-16-4-5-16)10-11-27(23)20-8-6-17(7-9-20)18-13-24-25-14-18/h1-3,6-9,12-14,16,22,26H,4-5,10-11,15H2,(H,24,25)/t22-/m1/s1. The number of H-pyrrole nitrogens is 1. The van der Waals surface area contributed by atoms with Gasteiger partial charge in [0.15, 0.2) is 0 Å². The Hall–Kier alpha value is -3.28. The SMILES string of the molecule is O=C1[C@H](Nc2cccc(OCC3CC3)c2)CCN1c1ccc(-c2cn[nH]c2)cc1. The van der Waals surface area contributed by atoms with Gasteiger partial charge in [-0.25, -0.2) is 0 Å². The quantitative estimate of drug-likeness (QED) is 0.640. The molecule has 29 heavy (non-hydrogen) atoms. The van der Waals surface area contributed by atoms with Gasteiger partial charge >= 0.3 is 0 Å². The van der Waals surface area contributed by atoms with Crippen molar-refractivity contribution in [3.05, 3.63) is 60.9 Å². The van der Waals surface area contributed by atoms with Gasteiger partial charge in [0.25, 0.3) is 0 Å². The van der Waals surface area contributed by atoms with Gasteiger partial charge in [-0.15, -0.1) is 0 Å². The summed E-state index contributed by atoms with van der Waals surface area (Å²) >= 11 is 0. The fourth-order valence-corrected chi connectivity index (χ4v) is 3.69. The zero-order chi connectivity index (χ0) is 19.6. The van der Waals surface area contributed by atoms with Crippen LogP contribution in [-0.4, -0.2) is 35.3 Å². The second-order valence-electron chi connectivity index (χ2n) is 7.79. The topological polar surface area (TPSA) is 70.2 Å². The van der Waals surface area contributed by atoms with E-state index in [1.54, 1.807) is 6.20 Å². The summed E-state index contributed by atoms with van der Waals surface area (Å²) in [4.78, 5) is 14.8. The summed E-state index contributed by atoms with van der Waals surface area (Å²) < 4.78 is 5.85. The van der Waals surface area contributed by atoms with Crippen molar-refractivity contribution in [3.63, 3.8) is 0 Å². The normalized spacial score (nSPS) is 18.8. The number of aromatic amines is 1. The number of hydrogen-bond donors (Lipinski definition) is 2. The van der Waals surface area contributed by atoms with Crippen LogP contribution < -0.4 is 15.0 Å². The molecule has 0 radical (unpaired) electrons.